The van der Waals surface area contributed by atoms with E-state index in [2.05, 4.69) is 10.6 Å². The Kier molecular flexibility index (Phi) is 8.21. The first-order chi connectivity index (χ1) is 11.0. The highest BCUT2D eigenvalue weighted by Gasteiger charge is 2.19. The molecule has 0 spiro atoms. The first kappa shape index (κ1) is 20.4. The van der Waals surface area contributed by atoms with Gasteiger partial charge in [0.1, 0.15) is 5.00 Å². The summed E-state index contributed by atoms with van der Waals surface area (Å²) < 4.78 is 0. The van der Waals surface area contributed by atoms with Crippen molar-refractivity contribution in [3.8, 4) is 0 Å². The first-order valence-corrected chi connectivity index (χ1v) is 8.33. The monoisotopic (exact) mass is 387 g/mol. The summed E-state index contributed by atoms with van der Waals surface area (Å²) in [6, 6.07) is 8.52. The molecule has 0 unspecified atom stereocenters. The van der Waals surface area contributed by atoms with Crippen molar-refractivity contribution in [2.75, 3.05) is 32.5 Å². The number of amides is 2. The van der Waals surface area contributed by atoms with Gasteiger partial charge in [0, 0.05) is 20.1 Å². The molecule has 0 aliphatic rings. The minimum Gasteiger partial charge on any atom is -0.340 e. The number of hydrogen-bond acceptors (Lipinski definition) is 4. The summed E-state index contributed by atoms with van der Waals surface area (Å²) in [7, 11) is 3.56. The molecule has 2 aromatic rings. The van der Waals surface area contributed by atoms with Gasteiger partial charge in [-0.15, -0.1) is 23.7 Å². The SMILES string of the molecule is CNCCN(C)C(=O)c1ccsc1NC(=O)c1ccccc1Cl.Cl. The van der Waals surface area contributed by atoms with Crippen LogP contribution in [0, 0.1) is 0 Å². The van der Waals surface area contributed by atoms with E-state index in [1.54, 1.807) is 47.7 Å². The van der Waals surface area contributed by atoms with E-state index in [1.165, 1.54) is 11.3 Å². The van der Waals surface area contributed by atoms with Crippen molar-refractivity contribution in [2.45, 2.75) is 0 Å². The molecule has 2 amide bonds. The minimum atomic E-state index is -0.329. The van der Waals surface area contributed by atoms with Gasteiger partial charge in [-0.05, 0) is 30.6 Å². The fourth-order valence-corrected chi connectivity index (χ4v) is 2.97. The molecule has 1 aromatic carbocycles. The number of benzene rings is 1. The third kappa shape index (κ3) is 4.95. The van der Waals surface area contributed by atoms with Crippen LogP contribution in [0.2, 0.25) is 5.02 Å². The maximum absolute atomic E-state index is 12.4. The highest BCUT2D eigenvalue weighted by molar-refractivity contribution is 7.14. The second-order valence-electron chi connectivity index (χ2n) is 4.93. The van der Waals surface area contributed by atoms with Crippen LogP contribution in [0.4, 0.5) is 5.00 Å². The van der Waals surface area contributed by atoms with E-state index in [0.29, 0.717) is 34.2 Å². The molecule has 130 valence electrons. The predicted molar refractivity (Wildman–Crippen MR) is 102 cm³/mol. The number of nitrogens with zero attached hydrogens (tertiary/aromatic N) is 1. The molecule has 5 nitrogen and oxygen atoms in total. The zero-order chi connectivity index (χ0) is 16.8. The van der Waals surface area contributed by atoms with Crippen LogP contribution < -0.4 is 10.6 Å². The Morgan fingerprint density at radius 3 is 2.58 bits per heavy atom. The fraction of sp³-hybridized carbons (Fsp3) is 0.250. The van der Waals surface area contributed by atoms with Crippen LogP contribution in [0.3, 0.4) is 0 Å². The zero-order valence-corrected chi connectivity index (χ0v) is 15.7. The summed E-state index contributed by atoms with van der Waals surface area (Å²) in [6.07, 6.45) is 0. The van der Waals surface area contributed by atoms with Gasteiger partial charge in [0.2, 0.25) is 0 Å². The van der Waals surface area contributed by atoms with Crippen molar-refractivity contribution in [3.63, 3.8) is 0 Å². The lowest BCUT2D eigenvalue weighted by Crippen LogP contribution is -2.33. The molecule has 2 N–H and O–H groups in total. The fourth-order valence-electron chi connectivity index (χ4n) is 1.98. The van der Waals surface area contributed by atoms with Gasteiger partial charge in [0.05, 0.1) is 16.1 Å². The molecule has 0 bridgehead atoms. The molecule has 0 atom stereocenters. The number of anilines is 1. The van der Waals surface area contributed by atoms with Crippen LogP contribution in [-0.2, 0) is 0 Å². The quantitative estimate of drug-likeness (QED) is 0.798. The van der Waals surface area contributed by atoms with Crippen LogP contribution in [0.15, 0.2) is 35.7 Å². The van der Waals surface area contributed by atoms with Crippen LogP contribution in [-0.4, -0.2) is 43.9 Å². The van der Waals surface area contributed by atoms with Gasteiger partial charge in [-0.1, -0.05) is 23.7 Å². The van der Waals surface area contributed by atoms with Gasteiger partial charge in [-0.2, -0.15) is 0 Å². The third-order valence-electron chi connectivity index (χ3n) is 3.29. The molecule has 0 radical (unpaired) electrons. The van der Waals surface area contributed by atoms with E-state index in [1.807, 2.05) is 7.05 Å². The molecular formula is C16H19Cl2N3O2S. The lowest BCUT2D eigenvalue weighted by molar-refractivity contribution is 0.0798. The second kappa shape index (κ2) is 9.64. The zero-order valence-electron chi connectivity index (χ0n) is 13.3. The van der Waals surface area contributed by atoms with Crippen LogP contribution in [0.5, 0.6) is 0 Å². The number of likely N-dealkylation sites (N-methyl/N-ethyl adjacent to an activating group) is 2. The molecule has 0 fully saturated rings. The van der Waals surface area contributed by atoms with E-state index in [4.69, 9.17) is 11.6 Å². The Bertz CT molecular complexity index is 706. The number of carbonyl (C=O) groups excluding carboxylic acids is 2. The molecule has 0 aliphatic carbocycles. The van der Waals surface area contributed by atoms with Crippen LogP contribution in [0.1, 0.15) is 20.7 Å². The van der Waals surface area contributed by atoms with E-state index in [9.17, 15) is 9.59 Å². The topological polar surface area (TPSA) is 61.4 Å². The van der Waals surface area contributed by atoms with Gasteiger partial charge >= 0.3 is 0 Å². The number of carbonyl (C=O) groups is 2. The minimum absolute atomic E-state index is 0. The van der Waals surface area contributed by atoms with Gasteiger partial charge in [-0.25, -0.2) is 0 Å². The maximum atomic E-state index is 12.4. The summed E-state index contributed by atoms with van der Waals surface area (Å²) in [5.41, 5.74) is 0.860. The Balaban J connectivity index is 0.00000288. The number of rotatable bonds is 6. The molecular weight excluding hydrogens is 369 g/mol. The van der Waals surface area contributed by atoms with E-state index in [0.717, 1.165) is 0 Å². The normalized spacial score (nSPS) is 9.96. The third-order valence-corrected chi connectivity index (χ3v) is 4.44. The summed E-state index contributed by atoms with van der Waals surface area (Å²) in [4.78, 5) is 26.4. The molecule has 0 aliphatic heterocycles. The van der Waals surface area contributed by atoms with Crippen molar-refractivity contribution >= 4 is 52.2 Å². The summed E-state index contributed by atoms with van der Waals surface area (Å²) >= 11 is 7.34. The van der Waals surface area contributed by atoms with Crippen molar-refractivity contribution in [1.29, 1.82) is 0 Å². The predicted octanol–water partition coefficient (Wildman–Crippen LogP) is 3.37. The van der Waals surface area contributed by atoms with Crippen LogP contribution >= 0.6 is 35.3 Å². The molecule has 0 saturated carbocycles. The average Bonchev–Trinajstić information content (AvgIpc) is 3.00. The Labute approximate surface area is 156 Å². The van der Waals surface area contributed by atoms with Gasteiger partial charge in [0.15, 0.2) is 0 Å². The number of nitrogens with one attached hydrogen (secondary N) is 2. The highest BCUT2D eigenvalue weighted by Crippen LogP contribution is 2.26. The van der Waals surface area contributed by atoms with Crippen molar-refractivity contribution in [1.82, 2.24) is 10.2 Å². The van der Waals surface area contributed by atoms with E-state index in [-0.39, 0.29) is 24.2 Å². The first-order valence-electron chi connectivity index (χ1n) is 7.08. The van der Waals surface area contributed by atoms with Crippen molar-refractivity contribution in [3.05, 3.63) is 51.9 Å². The molecule has 24 heavy (non-hydrogen) atoms. The number of thiophene rings is 1. The summed E-state index contributed by atoms with van der Waals surface area (Å²) in [6.45, 7) is 1.29. The smallest absolute Gasteiger partial charge is 0.257 e. The molecule has 1 heterocycles. The van der Waals surface area contributed by atoms with Gasteiger partial charge in [-0.3, -0.25) is 9.59 Å². The van der Waals surface area contributed by atoms with Crippen molar-refractivity contribution in [2.24, 2.45) is 0 Å². The number of halogens is 2. The Morgan fingerprint density at radius 1 is 1.21 bits per heavy atom. The molecule has 2 rings (SSSR count). The summed E-state index contributed by atoms with van der Waals surface area (Å²) in [5.74, 6) is -0.457. The lowest BCUT2D eigenvalue weighted by atomic mass is 10.2. The Morgan fingerprint density at radius 2 is 1.92 bits per heavy atom. The Hall–Kier alpha value is -1.60. The van der Waals surface area contributed by atoms with E-state index < -0.39 is 0 Å². The highest BCUT2D eigenvalue weighted by atomic mass is 35.5. The summed E-state index contributed by atoms with van der Waals surface area (Å²) in [5, 5.41) is 8.45. The van der Waals surface area contributed by atoms with Crippen molar-refractivity contribution < 1.29 is 9.59 Å². The standard InChI is InChI=1S/C16H18ClN3O2S.ClH/c1-18-8-9-20(2)16(22)12-7-10-23-15(12)19-14(21)11-5-3-4-6-13(11)17;/h3-7,10,18H,8-9H2,1-2H3,(H,19,21);1H. The van der Waals surface area contributed by atoms with Crippen LogP contribution in [0.25, 0.3) is 0 Å². The second-order valence-corrected chi connectivity index (χ2v) is 6.25. The maximum Gasteiger partial charge on any atom is 0.257 e. The number of hydrogen-bond donors (Lipinski definition) is 2. The largest absolute Gasteiger partial charge is 0.340 e. The van der Waals surface area contributed by atoms with Gasteiger partial charge in [0.25, 0.3) is 11.8 Å². The van der Waals surface area contributed by atoms with E-state index >= 15 is 0 Å². The molecule has 1 aromatic heterocycles. The average molecular weight is 388 g/mol. The molecule has 8 heteroatoms. The molecule has 0 saturated heterocycles. The van der Waals surface area contributed by atoms with Gasteiger partial charge < -0.3 is 15.5 Å². The lowest BCUT2D eigenvalue weighted by Gasteiger charge is -2.17.